The molecule has 2 aromatic rings. The molecule has 1 aromatic carbocycles. The molecular formula is C21H26N4O3. The molecule has 148 valence electrons. The van der Waals surface area contributed by atoms with E-state index in [2.05, 4.69) is 4.98 Å². The van der Waals surface area contributed by atoms with Crippen LogP contribution in [-0.2, 0) is 11.8 Å². The zero-order valence-corrected chi connectivity index (χ0v) is 16.6. The van der Waals surface area contributed by atoms with Crippen LogP contribution >= 0.6 is 0 Å². The first-order valence-corrected chi connectivity index (χ1v) is 9.88. The molecule has 7 nitrogen and oxygen atoms in total. The highest BCUT2D eigenvalue weighted by Gasteiger charge is 2.49. The first-order valence-electron chi connectivity index (χ1n) is 9.88. The molecule has 1 atom stereocenters. The van der Waals surface area contributed by atoms with Crippen molar-refractivity contribution in [2.45, 2.75) is 39.2 Å². The highest BCUT2D eigenvalue weighted by Crippen LogP contribution is 2.41. The summed E-state index contributed by atoms with van der Waals surface area (Å²) >= 11 is 0. The molecule has 1 spiro atoms. The second-order valence-electron chi connectivity index (χ2n) is 8.35. The molecule has 0 unspecified atom stereocenters. The highest BCUT2D eigenvalue weighted by atomic mass is 16.2. The molecule has 2 amide bonds. The third-order valence-corrected chi connectivity index (χ3v) is 6.20. The second-order valence-corrected chi connectivity index (χ2v) is 8.35. The van der Waals surface area contributed by atoms with E-state index in [4.69, 9.17) is 0 Å². The largest absolute Gasteiger partial charge is 0.340 e. The molecule has 7 heteroatoms. The number of benzene rings is 1. The predicted molar refractivity (Wildman–Crippen MR) is 106 cm³/mol. The number of amides is 2. The third kappa shape index (κ3) is 2.89. The second kappa shape index (κ2) is 6.72. The van der Waals surface area contributed by atoms with Crippen molar-refractivity contribution >= 4 is 22.7 Å². The molecule has 2 aliphatic rings. The fourth-order valence-corrected chi connectivity index (χ4v) is 4.54. The van der Waals surface area contributed by atoms with Gasteiger partial charge in [0, 0.05) is 38.3 Å². The molecule has 0 bridgehead atoms. The van der Waals surface area contributed by atoms with Gasteiger partial charge in [0.1, 0.15) is 0 Å². The number of rotatable bonds is 2. The summed E-state index contributed by atoms with van der Waals surface area (Å²) < 4.78 is 1.42. The number of hydrogen-bond acceptors (Lipinski definition) is 4. The number of likely N-dealkylation sites (tertiary alicyclic amines) is 2. The lowest BCUT2D eigenvalue weighted by atomic mass is 9.78. The molecule has 3 heterocycles. The van der Waals surface area contributed by atoms with Gasteiger partial charge in [0.15, 0.2) is 0 Å². The Morgan fingerprint density at radius 2 is 1.96 bits per heavy atom. The number of piperidine rings is 1. The Labute approximate surface area is 163 Å². The SMILES string of the molecule is CC(C)N1CCC[C@]2(CCN(C(=O)c3ccc4c(=O)n(C)cnc4c3)C2)C1=O. The normalized spacial score (nSPS) is 22.6. The molecule has 28 heavy (non-hydrogen) atoms. The number of aryl methyl sites for hydroxylation is 1. The maximum absolute atomic E-state index is 13.1. The van der Waals surface area contributed by atoms with E-state index in [1.807, 2.05) is 18.7 Å². The van der Waals surface area contributed by atoms with Crippen LogP contribution in [0, 0.1) is 5.41 Å². The molecule has 2 aliphatic heterocycles. The Morgan fingerprint density at radius 3 is 2.71 bits per heavy atom. The molecule has 2 fully saturated rings. The lowest BCUT2D eigenvalue weighted by Crippen LogP contribution is -2.52. The molecule has 0 saturated carbocycles. The van der Waals surface area contributed by atoms with Crippen molar-refractivity contribution in [2.75, 3.05) is 19.6 Å². The van der Waals surface area contributed by atoms with Crippen LogP contribution in [0.1, 0.15) is 43.5 Å². The van der Waals surface area contributed by atoms with Crippen molar-refractivity contribution in [2.24, 2.45) is 12.5 Å². The minimum atomic E-state index is -0.441. The van der Waals surface area contributed by atoms with Crippen LogP contribution in [0.25, 0.3) is 10.9 Å². The number of fused-ring (bicyclic) bond motifs is 1. The average molecular weight is 382 g/mol. The van der Waals surface area contributed by atoms with Crippen LogP contribution in [0.3, 0.4) is 0 Å². The molecule has 4 rings (SSSR count). The molecule has 2 saturated heterocycles. The zero-order valence-electron chi connectivity index (χ0n) is 16.6. The van der Waals surface area contributed by atoms with Crippen molar-refractivity contribution in [3.63, 3.8) is 0 Å². The number of hydrogen-bond donors (Lipinski definition) is 0. The quantitative estimate of drug-likeness (QED) is 0.794. The number of carbonyl (C=O) groups is 2. The summed E-state index contributed by atoms with van der Waals surface area (Å²) in [5.74, 6) is 0.0865. The van der Waals surface area contributed by atoms with Crippen LogP contribution in [0.2, 0.25) is 0 Å². The maximum atomic E-state index is 13.1. The number of carbonyl (C=O) groups excluding carboxylic acids is 2. The van der Waals surface area contributed by atoms with Gasteiger partial charge in [-0.05, 0) is 51.3 Å². The zero-order chi connectivity index (χ0) is 20.1. The van der Waals surface area contributed by atoms with E-state index in [0.29, 0.717) is 36.0 Å². The van der Waals surface area contributed by atoms with Gasteiger partial charge in [0.2, 0.25) is 5.91 Å². The van der Waals surface area contributed by atoms with E-state index in [-0.39, 0.29) is 23.4 Å². The van der Waals surface area contributed by atoms with Gasteiger partial charge in [-0.2, -0.15) is 0 Å². The molecular weight excluding hydrogens is 356 g/mol. The molecule has 1 aromatic heterocycles. The standard InChI is InChI=1S/C21H26N4O3/c1-14(2)25-9-4-7-21(20(25)28)8-10-24(12-21)18(26)15-5-6-16-17(11-15)22-13-23(3)19(16)27/h5-6,11,13-14H,4,7-10,12H2,1-3H3/t21-/m1/s1. The van der Waals surface area contributed by atoms with E-state index >= 15 is 0 Å². The minimum absolute atomic E-state index is 0.101. The summed E-state index contributed by atoms with van der Waals surface area (Å²) in [4.78, 5) is 46.3. The Hall–Kier alpha value is -2.70. The molecule has 0 aliphatic carbocycles. The van der Waals surface area contributed by atoms with Crippen molar-refractivity contribution in [3.8, 4) is 0 Å². The van der Waals surface area contributed by atoms with Gasteiger partial charge < -0.3 is 14.4 Å². The van der Waals surface area contributed by atoms with Crippen LogP contribution in [0.4, 0.5) is 0 Å². The van der Waals surface area contributed by atoms with Crippen molar-refractivity contribution in [1.82, 2.24) is 19.4 Å². The van der Waals surface area contributed by atoms with E-state index < -0.39 is 5.41 Å². The monoisotopic (exact) mass is 382 g/mol. The number of aromatic nitrogens is 2. The van der Waals surface area contributed by atoms with E-state index in [9.17, 15) is 14.4 Å². The summed E-state index contributed by atoms with van der Waals surface area (Å²) in [7, 11) is 1.65. The Morgan fingerprint density at radius 1 is 1.18 bits per heavy atom. The predicted octanol–water partition coefficient (Wildman–Crippen LogP) is 1.80. The lowest BCUT2D eigenvalue weighted by Gasteiger charge is -2.41. The van der Waals surface area contributed by atoms with Gasteiger partial charge in [0.25, 0.3) is 11.5 Å². The Bertz CT molecular complexity index is 1010. The summed E-state index contributed by atoms with van der Waals surface area (Å²) in [6.07, 6.45) is 4.00. The first kappa shape index (κ1) is 18.7. The van der Waals surface area contributed by atoms with E-state index in [1.165, 1.54) is 10.9 Å². The van der Waals surface area contributed by atoms with Crippen molar-refractivity contribution in [1.29, 1.82) is 0 Å². The van der Waals surface area contributed by atoms with Gasteiger partial charge >= 0.3 is 0 Å². The number of nitrogens with zero attached hydrogens (tertiary/aromatic N) is 4. The topological polar surface area (TPSA) is 75.5 Å². The fourth-order valence-electron chi connectivity index (χ4n) is 4.54. The highest BCUT2D eigenvalue weighted by molar-refractivity contribution is 5.98. The van der Waals surface area contributed by atoms with Gasteiger partial charge in [-0.15, -0.1) is 0 Å². The Balaban J connectivity index is 1.58. The van der Waals surface area contributed by atoms with Crippen LogP contribution in [0.15, 0.2) is 29.3 Å². The van der Waals surface area contributed by atoms with E-state index in [1.54, 1.807) is 30.1 Å². The smallest absolute Gasteiger partial charge is 0.260 e. The lowest BCUT2D eigenvalue weighted by molar-refractivity contribution is -0.147. The minimum Gasteiger partial charge on any atom is -0.340 e. The van der Waals surface area contributed by atoms with Crippen molar-refractivity contribution < 1.29 is 9.59 Å². The van der Waals surface area contributed by atoms with Gasteiger partial charge in [-0.1, -0.05) is 0 Å². The molecule has 0 radical (unpaired) electrons. The third-order valence-electron chi connectivity index (χ3n) is 6.20. The Kier molecular flexibility index (Phi) is 4.48. The summed E-state index contributed by atoms with van der Waals surface area (Å²) in [5.41, 5.74) is 0.450. The molecule has 0 N–H and O–H groups in total. The maximum Gasteiger partial charge on any atom is 0.260 e. The van der Waals surface area contributed by atoms with E-state index in [0.717, 1.165) is 19.4 Å². The fraction of sp³-hybridized carbons (Fsp3) is 0.524. The van der Waals surface area contributed by atoms with Crippen molar-refractivity contribution in [3.05, 3.63) is 40.4 Å². The van der Waals surface area contributed by atoms with Crippen LogP contribution in [0.5, 0.6) is 0 Å². The van der Waals surface area contributed by atoms with Crippen LogP contribution < -0.4 is 5.56 Å². The summed E-state index contributed by atoms with van der Waals surface area (Å²) in [5, 5.41) is 0.495. The van der Waals surface area contributed by atoms with Crippen LogP contribution in [-0.4, -0.2) is 56.8 Å². The van der Waals surface area contributed by atoms with Gasteiger partial charge in [0.05, 0.1) is 22.6 Å². The summed E-state index contributed by atoms with van der Waals surface area (Å²) in [6, 6.07) is 5.20. The van der Waals surface area contributed by atoms with Gasteiger partial charge in [-0.25, -0.2) is 4.98 Å². The first-order chi connectivity index (χ1) is 13.3. The average Bonchev–Trinajstić information content (AvgIpc) is 3.11. The van der Waals surface area contributed by atoms with Gasteiger partial charge in [-0.3, -0.25) is 14.4 Å². The summed E-state index contributed by atoms with van der Waals surface area (Å²) in [6.45, 7) is 5.94.